The Hall–Kier alpha value is -1.09. The summed E-state index contributed by atoms with van der Waals surface area (Å²) in [4.78, 5) is 9.93. The first-order chi connectivity index (χ1) is 11.3. The van der Waals surface area contributed by atoms with Crippen LogP contribution >= 0.6 is 0 Å². The number of carbonyl (C=O) groups is 1. The van der Waals surface area contributed by atoms with Gasteiger partial charge in [0, 0.05) is 0 Å². The molecule has 0 aliphatic heterocycles. The molecule has 0 aromatic rings. The quantitative estimate of drug-likeness (QED) is 0.738. The van der Waals surface area contributed by atoms with E-state index in [0.29, 0.717) is 11.8 Å². The zero-order valence-corrected chi connectivity index (χ0v) is 16.0. The van der Waals surface area contributed by atoms with Gasteiger partial charge < -0.3 is 10.2 Å². The second kappa shape index (κ2) is 10.0. The molecule has 2 rings (SSSR count). The summed E-state index contributed by atoms with van der Waals surface area (Å²) in [7, 11) is 0. The summed E-state index contributed by atoms with van der Waals surface area (Å²) in [6.45, 7) is 10.5. The van der Waals surface area contributed by atoms with Crippen molar-refractivity contribution in [1.82, 2.24) is 0 Å². The van der Waals surface area contributed by atoms with Gasteiger partial charge >= 0.3 is 5.97 Å². The van der Waals surface area contributed by atoms with Gasteiger partial charge in [0.1, 0.15) is 0 Å². The molecule has 0 heterocycles. The maximum atomic E-state index is 9.93. The van der Waals surface area contributed by atoms with Gasteiger partial charge in [-0.25, -0.2) is 0 Å². The lowest BCUT2D eigenvalue weighted by Gasteiger charge is -2.38. The van der Waals surface area contributed by atoms with Gasteiger partial charge in [-0.2, -0.15) is 0 Å². The van der Waals surface area contributed by atoms with Crippen LogP contribution in [0, 0.1) is 29.6 Å². The molecule has 0 amide bonds. The molecule has 2 aliphatic rings. The molecule has 0 radical (unpaired) electrons. The van der Waals surface area contributed by atoms with Crippen LogP contribution in [0.15, 0.2) is 23.8 Å². The summed E-state index contributed by atoms with van der Waals surface area (Å²) in [6.07, 6.45) is 12.0. The average molecular weight is 337 g/mol. The normalized spacial score (nSPS) is 30.0. The molecule has 3 nitrogen and oxygen atoms in total. The first-order valence-electron chi connectivity index (χ1n) is 9.57. The lowest BCUT2D eigenvalue weighted by atomic mass is 9.67. The molecule has 2 N–H and O–H groups in total. The summed E-state index contributed by atoms with van der Waals surface area (Å²) < 4.78 is 0. The monoisotopic (exact) mass is 336 g/mol. The number of hydrogen-bond acceptors (Lipinski definition) is 2. The van der Waals surface area contributed by atoms with E-state index < -0.39 is 5.97 Å². The van der Waals surface area contributed by atoms with Gasteiger partial charge in [0.25, 0.3) is 0 Å². The Bertz CT molecular complexity index is 450. The van der Waals surface area contributed by atoms with E-state index in [4.69, 9.17) is 5.11 Å². The van der Waals surface area contributed by atoms with Crippen molar-refractivity contribution in [3.63, 3.8) is 0 Å². The summed E-state index contributed by atoms with van der Waals surface area (Å²) in [5.74, 6) is 2.11. The molecular formula is C21H36O3. The van der Waals surface area contributed by atoms with E-state index in [2.05, 4.69) is 39.0 Å². The highest BCUT2D eigenvalue weighted by Gasteiger charge is 2.33. The number of rotatable bonds is 5. The molecule has 0 saturated carbocycles. The van der Waals surface area contributed by atoms with E-state index in [-0.39, 0.29) is 12.0 Å². The minimum Gasteiger partial charge on any atom is -0.481 e. The van der Waals surface area contributed by atoms with Crippen LogP contribution < -0.4 is 0 Å². The zero-order valence-electron chi connectivity index (χ0n) is 16.0. The van der Waals surface area contributed by atoms with Crippen molar-refractivity contribution >= 4 is 5.97 Å². The number of fused-ring (bicyclic) bond motifs is 1. The predicted molar refractivity (Wildman–Crippen MR) is 99.8 cm³/mol. The van der Waals surface area contributed by atoms with Gasteiger partial charge in [0.15, 0.2) is 0 Å². The van der Waals surface area contributed by atoms with Gasteiger partial charge in [0.2, 0.25) is 0 Å². The van der Waals surface area contributed by atoms with Crippen molar-refractivity contribution in [3.05, 3.63) is 23.8 Å². The molecule has 0 saturated heterocycles. The van der Waals surface area contributed by atoms with Crippen LogP contribution in [0.25, 0.3) is 0 Å². The van der Waals surface area contributed by atoms with Crippen LogP contribution in [0.5, 0.6) is 0 Å². The second-order valence-corrected chi connectivity index (χ2v) is 7.92. The largest absolute Gasteiger partial charge is 0.481 e. The van der Waals surface area contributed by atoms with Crippen LogP contribution in [0.4, 0.5) is 0 Å². The van der Waals surface area contributed by atoms with E-state index in [1.165, 1.54) is 24.8 Å². The Morgan fingerprint density at radius 3 is 2.46 bits per heavy atom. The third kappa shape index (κ3) is 6.43. The highest BCUT2D eigenvalue weighted by Crippen LogP contribution is 2.42. The minimum atomic E-state index is -0.706. The first-order valence-corrected chi connectivity index (χ1v) is 9.57. The topological polar surface area (TPSA) is 57.5 Å². The van der Waals surface area contributed by atoms with E-state index in [1.807, 2.05) is 6.92 Å². The Morgan fingerprint density at radius 2 is 1.96 bits per heavy atom. The number of aliphatic hydroxyl groups is 1. The Kier molecular flexibility index (Phi) is 8.75. The SMILES string of the molecule is CC(C)CCC1C(C)C=CC2=CC(O)CCC21.CCC(C)C(=O)O. The zero-order chi connectivity index (χ0) is 18.3. The van der Waals surface area contributed by atoms with Gasteiger partial charge in [-0.1, -0.05) is 59.3 Å². The van der Waals surface area contributed by atoms with Gasteiger partial charge in [-0.3, -0.25) is 4.79 Å². The van der Waals surface area contributed by atoms with Crippen molar-refractivity contribution < 1.29 is 15.0 Å². The molecule has 0 aromatic carbocycles. The Labute approximate surface area is 147 Å². The lowest BCUT2D eigenvalue weighted by Crippen LogP contribution is -2.30. The highest BCUT2D eigenvalue weighted by atomic mass is 16.4. The maximum Gasteiger partial charge on any atom is 0.306 e. The number of carboxylic acids is 1. The summed E-state index contributed by atoms with van der Waals surface area (Å²) in [5, 5.41) is 17.9. The van der Waals surface area contributed by atoms with Crippen LogP contribution in [-0.2, 0) is 4.79 Å². The second-order valence-electron chi connectivity index (χ2n) is 7.92. The Balaban J connectivity index is 0.000000351. The number of aliphatic hydroxyl groups excluding tert-OH is 1. The molecule has 5 unspecified atom stereocenters. The fraction of sp³-hybridized carbons (Fsp3) is 0.762. The lowest BCUT2D eigenvalue weighted by molar-refractivity contribution is -0.141. The number of carboxylic acid groups (broad SMARTS) is 1. The fourth-order valence-electron chi connectivity index (χ4n) is 3.52. The predicted octanol–water partition coefficient (Wildman–Crippen LogP) is 5.06. The van der Waals surface area contributed by atoms with Crippen LogP contribution in [-0.4, -0.2) is 22.3 Å². The molecular weight excluding hydrogens is 300 g/mol. The smallest absolute Gasteiger partial charge is 0.306 e. The minimum absolute atomic E-state index is 0.181. The number of allylic oxidation sites excluding steroid dienone is 3. The standard InChI is InChI=1S/C16H26O.C5H10O2/c1-11(2)4-8-15-12(3)5-6-13-10-14(17)7-9-16(13)15;1-3-4(2)5(6)7/h5-6,10-12,14-17H,4,7-9H2,1-3H3;4H,3H2,1-2H3,(H,6,7). The average Bonchev–Trinajstić information content (AvgIpc) is 2.53. The van der Waals surface area contributed by atoms with Gasteiger partial charge in [-0.05, 0) is 54.9 Å². The van der Waals surface area contributed by atoms with E-state index in [9.17, 15) is 9.90 Å². The van der Waals surface area contributed by atoms with Gasteiger partial charge in [-0.15, -0.1) is 0 Å². The molecule has 0 spiro atoms. The summed E-state index contributed by atoms with van der Waals surface area (Å²) in [6, 6.07) is 0. The van der Waals surface area contributed by atoms with Crippen LogP contribution in [0.3, 0.4) is 0 Å². The molecule has 3 heteroatoms. The highest BCUT2D eigenvalue weighted by molar-refractivity contribution is 5.69. The van der Waals surface area contributed by atoms with Gasteiger partial charge in [0.05, 0.1) is 12.0 Å². The maximum absolute atomic E-state index is 9.93. The molecule has 0 aromatic heterocycles. The van der Waals surface area contributed by atoms with Crippen LogP contribution in [0.1, 0.15) is 66.7 Å². The molecule has 138 valence electrons. The third-order valence-electron chi connectivity index (χ3n) is 5.48. The fourth-order valence-corrected chi connectivity index (χ4v) is 3.52. The third-order valence-corrected chi connectivity index (χ3v) is 5.48. The first kappa shape index (κ1) is 21.0. The summed E-state index contributed by atoms with van der Waals surface area (Å²) >= 11 is 0. The van der Waals surface area contributed by atoms with Crippen molar-refractivity contribution in [2.45, 2.75) is 72.8 Å². The molecule has 5 atom stereocenters. The molecule has 0 fully saturated rings. The van der Waals surface area contributed by atoms with Crippen molar-refractivity contribution in [2.24, 2.45) is 29.6 Å². The van der Waals surface area contributed by atoms with E-state index >= 15 is 0 Å². The number of hydrogen-bond donors (Lipinski definition) is 2. The summed E-state index contributed by atoms with van der Waals surface area (Å²) in [5.41, 5.74) is 1.40. The van der Waals surface area contributed by atoms with Crippen molar-refractivity contribution in [1.29, 1.82) is 0 Å². The molecule has 0 bridgehead atoms. The molecule has 2 aliphatic carbocycles. The van der Waals surface area contributed by atoms with Crippen molar-refractivity contribution in [2.75, 3.05) is 0 Å². The van der Waals surface area contributed by atoms with Crippen molar-refractivity contribution in [3.8, 4) is 0 Å². The van der Waals surface area contributed by atoms with Crippen LogP contribution in [0.2, 0.25) is 0 Å². The molecule has 24 heavy (non-hydrogen) atoms. The number of aliphatic carboxylic acids is 1. The Morgan fingerprint density at radius 1 is 1.29 bits per heavy atom. The van der Waals surface area contributed by atoms with E-state index in [1.54, 1.807) is 6.92 Å². The van der Waals surface area contributed by atoms with E-state index in [0.717, 1.165) is 24.7 Å².